The lowest BCUT2D eigenvalue weighted by Crippen LogP contribution is -2.50. The van der Waals surface area contributed by atoms with Gasteiger partial charge in [-0.3, -0.25) is 0 Å². The Bertz CT molecular complexity index is 415. The molecule has 0 saturated heterocycles. The minimum absolute atomic E-state index is 0.219. The average molecular weight is 325 g/mol. The summed E-state index contributed by atoms with van der Waals surface area (Å²) in [5.74, 6) is 0. The quantitative estimate of drug-likeness (QED) is 0.579. The standard InChI is InChI=1S/C18H32O3Si/c1-15-13-16(2)18(17(3)14-15)22(10-4-7-19,11-5-8-20)12-6-9-21/h13-14,19-21H,4-12H2,1-3H3. The van der Waals surface area contributed by atoms with Gasteiger partial charge in [-0.1, -0.05) is 52.1 Å². The van der Waals surface area contributed by atoms with Crippen molar-refractivity contribution in [1.82, 2.24) is 0 Å². The molecule has 1 aromatic rings. The van der Waals surface area contributed by atoms with Gasteiger partial charge in [0.2, 0.25) is 0 Å². The third kappa shape index (κ3) is 4.91. The van der Waals surface area contributed by atoms with Gasteiger partial charge in [0.1, 0.15) is 0 Å². The van der Waals surface area contributed by atoms with Gasteiger partial charge in [0.25, 0.3) is 0 Å². The van der Waals surface area contributed by atoms with E-state index in [-0.39, 0.29) is 19.8 Å². The molecule has 126 valence electrons. The zero-order valence-corrected chi connectivity index (χ0v) is 15.4. The van der Waals surface area contributed by atoms with Crippen molar-refractivity contribution in [3.05, 3.63) is 28.8 Å². The zero-order valence-electron chi connectivity index (χ0n) is 14.4. The molecule has 0 aliphatic rings. The van der Waals surface area contributed by atoms with Crippen LogP contribution in [0.4, 0.5) is 0 Å². The summed E-state index contributed by atoms with van der Waals surface area (Å²) < 4.78 is 0. The van der Waals surface area contributed by atoms with E-state index in [1.54, 1.807) is 0 Å². The number of aliphatic hydroxyl groups excluding tert-OH is 3. The Morgan fingerprint density at radius 2 is 1.09 bits per heavy atom. The Kier molecular flexibility index (Phi) is 8.32. The maximum atomic E-state index is 9.33. The van der Waals surface area contributed by atoms with Crippen molar-refractivity contribution in [2.45, 2.75) is 58.2 Å². The lowest BCUT2D eigenvalue weighted by atomic mass is 10.1. The van der Waals surface area contributed by atoms with Crippen LogP contribution in [0.2, 0.25) is 18.1 Å². The fourth-order valence-corrected chi connectivity index (χ4v) is 9.84. The van der Waals surface area contributed by atoms with Crippen LogP contribution in [0.1, 0.15) is 36.0 Å². The smallest absolute Gasteiger partial charge is 0.0876 e. The maximum absolute atomic E-state index is 9.33. The van der Waals surface area contributed by atoms with Crippen molar-refractivity contribution in [3.8, 4) is 0 Å². The number of rotatable bonds is 10. The SMILES string of the molecule is Cc1cc(C)c([Si](CCCO)(CCCO)CCCO)c(C)c1. The molecule has 0 fully saturated rings. The lowest BCUT2D eigenvalue weighted by molar-refractivity contribution is 0.289. The van der Waals surface area contributed by atoms with Crippen molar-refractivity contribution in [3.63, 3.8) is 0 Å². The van der Waals surface area contributed by atoms with Crippen LogP contribution in [0.5, 0.6) is 0 Å². The van der Waals surface area contributed by atoms with E-state index in [1.807, 2.05) is 0 Å². The van der Waals surface area contributed by atoms with E-state index >= 15 is 0 Å². The van der Waals surface area contributed by atoms with Crippen LogP contribution in [0.3, 0.4) is 0 Å². The highest BCUT2D eigenvalue weighted by molar-refractivity contribution is 6.92. The normalized spacial score (nSPS) is 11.9. The average Bonchev–Trinajstić information content (AvgIpc) is 2.47. The Labute approximate surface area is 136 Å². The van der Waals surface area contributed by atoms with Crippen molar-refractivity contribution >= 4 is 13.3 Å². The first-order valence-corrected chi connectivity index (χ1v) is 11.0. The van der Waals surface area contributed by atoms with Crippen molar-refractivity contribution < 1.29 is 15.3 Å². The second-order valence-electron chi connectivity index (χ2n) is 6.54. The van der Waals surface area contributed by atoms with Crippen molar-refractivity contribution in [2.24, 2.45) is 0 Å². The fourth-order valence-electron chi connectivity index (χ4n) is 4.02. The fraction of sp³-hybridized carbons (Fsp3) is 0.667. The molecular formula is C18H32O3Si. The predicted molar refractivity (Wildman–Crippen MR) is 95.6 cm³/mol. The molecule has 4 heteroatoms. The van der Waals surface area contributed by atoms with E-state index in [9.17, 15) is 15.3 Å². The first kappa shape index (κ1) is 19.4. The highest BCUT2D eigenvalue weighted by Crippen LogP contribution is 2.29. The van der Waals surface area contributed by atoms with E-state index in [4.69, 9.17) is 0 Å². The van der Waals surface area contributed by atoms with Gasteiger partial charge >= 0.3 is 0 Å². The summed E-state index contributed by atoms with van der Waals surface area (Å²) in [7, 11) is -1.83. The molecule has 0 amide bonds. The molecular weight excluding hydrogens is 292 g/mol. The van der Waals surface area contributed by atoms with Crippen molar-refractivity contribution in [1.29, 1.82) is 0 Å². The molecule has 0 bridgehead atoms. The number of benzene rings is 1. The first-order chi connectivity index (χ1) is 10.5. The number of aliphatic hydroxyl groups is 3. The molecule has 0 atom stereocenters. The molecule has 1 rings (SSSR count). The molecule has 0 unspecified atom stereocenters. The Morgan fingerprint density at radius 1 is 0.727 bits per heavy atom. The molecule has 0 aromatic heterocycles. The molecule has 0 aliphatic heterocycles. The van der Waals surface area contributed by atoms with Crippen LogP contribution in [0.25, 0.3) is 0 Å². The largest absolute Gasteiger partial charge is 0.396 e. The number of hydrogen-bond donors (Lipinski definition) is 3. The molecule has 1 aromatic carbocycles. The molecule has 3 nitrogen and oxygen atoms in total. The van der Waals surface area contributed by atoms with Crippen LogP contribution < -0.4 is 5.19 Å². The van der Waals surface area contributed by atoms with Gasteiger partial charge in [-0.05, 0) is 40.0 Å². The van der Waals surface area contributed by atoms with Gasteiger partial charge in [0, 0.05) is 19.8 Å². The summed E-state index contributed by atoms with van der Waals surface area (Å²) in [5, 5.41) is 29.5. The molecule has 0 radical (unpaired) electrons. The van der Waals surface area contributed by atoms with Gasteiger partial charge in [0.05, 0.1) is 8.07 Å². The van der Waals surface area contributed by atoms with E-state index in [0.29, 0.717) is 0 Å². The van der Waals surface area contributed by atoms with Crippen LogP contribution in [-0.2, 0) is 0 Å². The molecule has 22 heavy (non-hydrogen) atoms. The van der Waals surface area contributed by atoms with Gasteiger partial charge in [-0.15, -0.1) is 0 Å². The van der Waals surface area contributed by atoms with Gasteiger partial charge < -0.3 is 15.3 Å². The third-order valence-corrected chi connectivity index (χ3v) is 10.4. The first-order valence-electron chi connectivity index (χ1n) is 8.41. The maximum Gasteiger partial charge on any atom is 0.0876 e. The summed E-state index contributed by atoms with van der Waals surface area (Å²) in [5.41, 5.74) is 3.98. The van der Waals surface area contributed by atoms with E-state index in [2.05, 4.69) is 32.9 Å². The van der Waals surface area contributed by atoms with Gasteiger partial charge in [-0.2, -0.15) is 0 Å². The van der Waals surface area contributed by atoms with E-state index in [1.165, 1.54) is 21.9 Å². The highest BCUT2D eigenvalue weighted by atomic mass is 28.3. The minimum Gasteiger partial charge on any atom is -0.396 e. The Hall–Kier alpha value is -0.683. The molecule has 0 saturated carbocycles. The molecule has 0 aliphatic carbocycles. The minimum atomic E-state index is -1.83. The molecule has 0 spiro atoms. The molecule has 0 heterocycles. The predicted octanol–water partition coefficient (Wildman–Crippen LogP) is 2.41. The summed E-state index contributed by atoms with van der Waals surface area (Å²) in [6.45, 7) is 7.16. The van der Waals surface area contributed by atoms with Crippen LogP contribution >= 0.6 is 0 Å². The van der Waals surface area contributed by atoms with Crippen LogP contribution in [0, 0.1) is 20.8 Å². The Balaban J connectivity index is 3.31. The highest BCUT2D eigenvalue weighted by Gasteiger charge is 2.35. The summed E-state index contributed by atoms with van der Waals surface area (Å²) in [6.07, 6.45) is 2.45. The number of aryl methyl sites for hydroxylation is 3. The van der Waals surface area contributed by atoms with Gasteiger partial charge in [0.15, 0.2) is 0 Å². The Morgan fingerprint density at radius 3 is 1.41 bits per heavy atom. The monoisotopic (exact) mass is 324 g/mol. The van der Waals surface area contributed by atoms with Crippen LogP contribution in [0.15, 0.2) is 12.1 Å². The van der Waals surface area contributed by atoms with Crippen LogP contribution in [-0.4, -0.2) is 43.2 Å². The lowest BCUT2D eigenvalue weighted by Gasteiger charge is -2.35. The zero-order chi connectivity index (χ0) is 16.6. The van der Waals surface area contributed by atoms with E-state index < -0.39 is 8.07 Å². The van der Waals surface area contributed by atoms with Gasteiger partial charge in [-0.25, -0.2) is 0 Å². The van der Waals surface area contributed by atoms with Crippen molar-refractivity contribution in [2.75, 3.05) is 19.8 Å². The van der Waals surface area contributed by atoms with E-state index in [0.717, 1.165) is 37.4 Å². The molecule has 3 N–H and O–H groups in total. The number of hydrogen-bond acceptors (Lipinski definition) is 3. The topological polar surface area (TPSA) is 60.7 Å². The summed E-state index contributed by atoms with van der Waals surface area (Å²) in [6, 6.07) is 7.61. The third-order valence-electron chi connectivity index (χ3n) is 4.65. The second kappa shape index (κ2) is 9.45. The second-order valence-corrected chi connectivity index (χ2v) is 11.1. The summed E-state index contributed by atoms with van der Waals surface area (Å²) in [4.78, 5) is 0. The summed E-state index contributed by atoms with van der Waals surface area (Å²) >= 11 is 0.